The summed E-state index contributed by atoms with van der Waals surface area (Å²) in [4.78, 5) is 10.1. The van der Waals surface area contributed by atoms with Gasteiger partial charge in [0.05, 0.1) is 33.1 Å². The predicted octanol–water partition coefficient (Wildman–Crippen LogP) is 15.3. The normalized spacial score (nSPS) is 13.3. The Labute approximate surface area is 353 Å². The van der Waals surface area contributed by atoms with E-state index in [4.69, 9.17) is 9.97 Å². The van der Waals surface area contributed by atoms with E-state index >= 15 is 0 Å². The Bertz CT molecular complexity index is 3010. The van der Waals surface area contributed by atoms with Gasteiger partial charge >= 0.3 is 0 Å². The maximum absolute atomic E-state index is 5.06. The van der Waals surface area contributed by atoms with Crippen molar-refractivity contribution >= 4 is 76.2 Å². The average molecular weight is 785 g/mol. The van der Waals surface area contributed by atoms with Crippen LogP contribution in [0.15, 0.2) is 122 Å². The molecule has 0 bridgehead atoms. The molecule has 4 heteroatoms. The fraction of sp³-hybridized carbons (Fsp3) is 0.286. The van der Waals surface area contributed by atoms with Crippen molar-refractivity contribution in [3.63, 3.8) is 0 Å². The van der Waals surface area contributed by atoms with Crippen LogP contribution in [-0.4, -0.2) is 19.1 Å². The molecule has 0 radical (unpaired) electrons. The second kappa shape index (κ2) is 12.8. The van der Waals surface area contributed by atoms with Crippen LogP contribution in [0.1, 0.15) is 105 Å². The Morgan fingerprint density at radius 2 is 0.583 bits per heavy atom. The fourth-order valence-corrected chi connectivity index (χ4v) is 9.41. The SMILES string of the molecule is CC(C)(C)c1ccc2c(c1)c1cc(C(C)(C)C)ccc1n2-c1ccc2c3ccc(-n4c5ccc(C(C)(C)C)cc5c5cc(C(C)(C)C)ccc54)cc3c3nccnc3c2c1. The smallest absolute Gasteiger partial charge is 0.0972 e. The third-order valence-electron chi connectivity index (χ3n) is 13.0. The van der Waals surface area contributed by atoms with E-state index in [1.165, 1.54) is 76.6 Å². The summed E-state index contributed by atoms with van der Waals surface area (Å²) in [5, 5.41) is 9.69. The Morgan fingerprint density at radius 3 is 0.850 bits per heavy atom. The summed E-state index contributed by atoms with van der Waals surface area (Å²) >= 11 is 0. The number of hydrogen-bond donors (Lipinski definition) is 0. The van der Waals surface area contributed by atoms with Gasteiger partial charge in [0, 0.05) is 56.1 Å². The summed E-state index contributed by atoms with van der Waals surface area (Å²) in [5.74, 6) is 0. The molecule has 60 heavy (non-hydrogen) atoms. The fourth-order valence-electron chi connectivity index (χ4n) is 9.41. The third kappa shape index (κ3) is 5.93. The highest BCUT2D eigenvalue weighted by Gasteiger charge is 2.24. The molecule has 0 unspecified atom stereocenters. The minimum atomic E-state index is 0.0405. The van der Waals surface area contributed by atoms with Crippen molar-refractivity contribution in [2.45, 2.75) is 105 Å². The second-order valence-corrected chi connectivity index (χ2v) is 21.3. The van der Waals surface area contributed by atoms with Crippen LogP contribution in [0.25, 0.3) is 87.6 Å². The first-order valence-electron chi connectivity index (χ1n) is 21.6. The van der Waals surface area contributed by atoms with Crippen LogP contribution in [0.2, 0.25) is 0 Å². The van der Waals surface area contributed by atoms with Crippen molar-refractivity contribution in [1.82, 2.24) is 19.1 Å². The number of benzene rings is 7. The molecule has 0 saturated carbocycles. The Hall–Kier alpha value is -6.00. The highest BCUT2D eigenvalue weighted by atomic mass is 15.0. The first-order chi connectivity index (χ1) is 28.3. The molecular weight excluding hydrogens is 729 g/mol. The molecule has 0 aliphatic rings. The topological polar surface area (TPSA) is 35.6 Å². The Morgan fingerprint density at radius 1 is 0.300 bits per heavy atom. The highest BCUT2D eigenvalue weighted by Crippen LogP contribution is 2.42. The third-order valence-corrected chi connectivity index (χ3v) is 13.0. The van der Waals surface area contributed by atoms with Gasteiger partial charge in [-0.1, -0.05) is 119 Å². The molecule has 0 spiro atoms. The van der Waals surface area contributed by atoms with E-state index < -0.39 is 0 Å². The number of hydrogen-bond acceptors (Lipinski definition) is 2. The Balaban J connectivity index is 1.21. The lowest BCUT2D eigenvalue weighted by atomic mass is 9.85. The first kappa shape index (κ1) is 38.2. The number of fused-ring (bicyclic) bond motifs is 12. The number of aromatic nitrogens is 4. The molecule has 7 aromatic carbocycles. The lowest BCUT2D eigenvalue weighted by Gasteiger charge is -2.19. The molecule has 0 amide bonds. The van der Waals surface area contributed by atoms with Gasteiger partial charge in [0.25, 0.3) is 0 Å². The van der Waals surface area contributed by atoms with Gasteiger partial charge < -0.3 is 9.13 Å². The molecule has 3 heterocycles. The van der Waals surface area contributed by atoms with Crippen LogP contribution in [0.5, 0.6) is 0 Å². The monoisotopic (exact) mass is 784 g/mol. The van der Waals surface area contributed by atoms with Crippen molar-refractivity contribution in [3.8, 4) is 11.4 Å². The molecule has 0 aliphatic heterocycles. The summed E-state index contributed by atoms with van der Waals surface area (Å²) in [6, 6.07) is 42.0. The zero-order valence-corrected chi connectivity index (χ0v) is 37.3. The van der Waals surface area contributed by atoms with Crippen LogP contribution in [0.4, 0.5) is 0 Å². The minimum Gasteiger partial charge on any atom is -0.309 e. The minimum absolute atomic E-state index is 0.0405. The number of nitrogens with zero attached hydrogens (tertiary/aromatic N) is 4. The molecule has 300 valence electrons. The molecule has 4 nitrogen and oxygen atoms in total. The zero-order valence-electron chi connectivity index (χ0n) is 37.3. The standard InChI is InChI=1S/C56H56N4/c1-53(2,3)33-13-21-47-41(27-33)42-28-34(54(4,5)6)14-22-48(42)59(47)37-17-19-39-40-20-18-38(32-46(40)52-51(45(39)31-37)57-25-26-58-52)60-49-23-15-35(55(7,8)9)29-43(49)44-30-36(56(10,11)12)16-24-50(44)60/h13-32H,1-12H3. The van der Waals surface area contributed by atoms with Crippen LogP contribution in [-0.2, 0) is 21.7 Å². The summed E-state index contributed by atoms with van der Waals surface area (Å²) in [7, 11) is 0. The predicted molar refractivity (Wildman–Crippen MR) is 258 cm³/mol. The van der Waals surface area contributed by atoms with Gasteiger partial charge in [-0.25, -0.2) is 0 Å². The summed E-state index contributed by atoms with van der Waals surface area (Å²) in [6.07, 6.45) is 3.67. The van der Waals surface area contributed by atoms with Crippen molar-refractivity contribution < 1.29 is 0 Å². The van der Waals surface area contributed by atoms with E-state index in [1.54, 1.807) is 0 Å². The van der Waals surface area contributed by atoms with Gasteiger partial charge in [0.2, 0.25) is 0 Å². The van der Waals surface area contributed by atoms with E-state index in [-0.39, 0.29) is 21.7 Å². The largest absolute Gasteiger partial charge is 0.309 e. The van der Waals surface area contributed by atoms with E-state index in [9.17, 15) is 0 Å². The van der Waals surface area contributed by atoms with Gasteiger partial charge in [-0.2, -0.15) is 0 Å². The average Bonchev–Trinajstić information content (AvgIpc) is 3.70. The van der Waals surface area contributed by atoms with E-state index in [0.29, 0.717) is 0 Å². The molecule has 0 atom stereocenters. The van der Waals surface area contributed by atoms with Gasteiger partial charge in [-0.05, 0) is 127 Å². The van der Waals surface area contributed by atoms with Gasteiger partial charge in [0.1, 0.15) is 0 Å². The van der Waals surface area contributed by atoms with Crippen LogP contribution < -0.4 is 0 Å². The molecule has 0 N–H and O–H groups in total. The van der Waals surface area contributed by atoms with Gasteiger partial charge in [0.15, 0.2) is 0 Å². The second-order valence-electron chi connectivity index (χ2n) is 21.3. The van der Waals surface area contributed by atoms with Crippen LogP contribution in [0.3, 0.4) is 0 Å². The van der Waals surface area contributed by atoms with Crippen molar-refractivity contribution in [2.75, 3.05) is 0 Å². The molecule has 10 aromatic rings. The van der Waals surface area contributed by atoms with Crippen molar-refractivity contribution in [2.24, 2.45) is 0 Å². The molecule has 0 saturated heterocycles. The van der Waals surface area contributed by atoms with Crippen molar-refractivity contribution in [1.29, 1.82) is 0 Å². The molecule has 0 fully saturated rings. The maximum atomic E-state index is 5.06. The lowest BCUT2D eigenvalue weighted by Crippen LogP contribution is -2.10. The van der Waals surface area contributed by atoms with Crippen molar-refractivity contribution in [3.05, 3.63) is 144 Å². The van der Waals surface area contributed by atoms with Crippen LogP contribution in [0, 0.1) is 0 Å². The highest BCUT2D eigenvalue weighted by molar-refractivity contribution is 6.24. The van der Waals surface area contributed by atoms with Crippen LogP contribution >= 0.6 is 0 Å². The van der Waals surface area contributed by atoms with E-state index in [0.717, 1.165) is 33.2 Å². The summed E-state index contributed by atoms with van der Waals surface area (Å²) in [6.45, 7) is 27.6. The first-order valence-corrected chi connectivity index (χ1v) is 21.6. The Kier molecular flexibility index (Phi) is 8.12. The number of rotatable bonds is 2. The molecule has 10 rings (SSSR count). The molecule has 3 aromatic heterocycles. The van der Waals surface area contributed by atoms with Gasteiger partial charge in [-0.15, -0.1) is 0 Å². The molecular formula is C56H56N4. The molecule has 0 aliphatic carbocycles. The van der Waals surface area contributed by atoms with Gasteiger partial charge in [-0.3, -0.25) is 9.97 Å². The summed E-state index contributed by atoms with van der Waals surface area (Å²) in [5.41, 5.74) is 14.4. The zero-order chi connectivity index (χ0) is 42.3. The van der Waals surface area contributed by atoms with E-state index in [2.05, 4.69) is 201 Å². The maximum Gasteiger partial charge on any atom is 0.0972 e. The quantitative estimate of drug-likeness (QED) is 0.164. The lowest BCUT2D eigenvalue weighted by molar-refractivity contribution is 0.590. The van der Waals surface area contributed by atoms with E-state index in [1.807, 2.05) is 12.4 Å². The summed E-state index contributed by atoms with van der Waals surface area (Å²) < 4.78 is 4.88.